The standard InChI is InChI=1S/C21H25.2C10H7.C5H5.CH2.2ClH.Hf/c1-20(2,3)16-9-7-14-11-15-8-10-17(21(4,5)6)13-19(15)18(14)12-16;2*1-2-6-10-8-4-3-7-9(10)5-1;1-2-4-5-3-1;;;;/h7,9-10,12-13H,11H2,1-6H3;2*1-3,5-8H;1-3H,4H2;1H2;2*1H;. The van der Waals surface area contributed by atoms with Crippen molar-refractivity contribution in [3.05, 3.63) is 159 Å². The van der Waals surface area contributed by atoms with E-state index in [2.05, 4.69) is 175 Å². The molecular weight excluding hydrogens is 814 g/mol. The molecule has 0 heterocycles. The van der Waals surface area contributed by atoms with Crippen molar-refractivity contribution in [3.8, 4) is 11.1 Å². The van der Waals surface area contributed by atoms with Crippen molar-refractivity contribution < 1.29 is 18.0 Å². The third-order valence-corrected chi connectivity index (χ3v) is 35.3. The van der Waals surface area contributed by atoms with Crippen LogP contribution < -0.4 is 9.96 Å². The average Bonchev–Trinajstić information content (AvgIpc) is 3.75. The van der Waals surface area contributed by atoms with Crippen LogP contribution in [0.3, 0.4) is 0 Å². The van der Waals surface area contributed by atoms with E-state index in [4.69, 9.17) is 4.26 Å². The molecule has 2 aliphatic rings. The molecule has 0 radical (unpaired) electrons. The van der Waals surface area contributed by atoms with Gasteiger partial charge in [0.2, 0.25) is 0 Å². The number of benzene rings is 6. The number of allylic oxidation sites excluding steroid dienone is 4. The Morgan fingerprint density at radius 3 is 1.62 bits per heavy atom. The van der Waals surface area contributed by atoms with Gasteiger partial charge in [0.05, 0.1) is 0 Å². The monoisotopic (exact) mass is 862 g/mol. The van der Waals surface area contributed by atoms with Crippen LogP contribution in [0.15, 0.2) is 137 Å². The van der Waals surface area contributed by atoms with Gasteiger partial charge in [-0.15, -0.1) is 24.8 Å². The first-order valence-corrected chi connectivity index (χ1v) is 27.3. The molecule has 0 unspecified atom stereocenters. The second kappa shape index (κ2) is 12.7. The zero-order valence-electron chi connectivity index (χ0n) is 30.1. The fourth-order valence-corrected chi connectivity index (χ4v) is 31.2. The van der Waals surface area contributed by atoms with E-state index in [-0.39, 0.29) is 35.6 Å². The zero-order valence-corrected chi connectivity index (χ0v) is 35.4. The van der Waals surface area contributed by atoms with Gasteiger partial charge in [-0.2, -0.15) is 0 Å². The van der Waals surface area contributed by atoms with Gasteiger partial charge >= 0.3 is 289 Å². The Kier molecular flexibility index (Phi) is 9.25. The predicted octanol–water partition coefficient (Wildman–Crippen LogP) is 11.2. The van der Waals surface area contributed by atoms with Crippen molar-refractivity contribution in [2.75, 3.05) is 0 Å². The van der Waals surface area contributed by atoms with Crippen molar-refractivity contribution in [3.63, 3.8) is 0 Å². The van der Waals surface area contributed by atoms with E-state index in [1.807, 2.05) is 0 Å². The van der Waals surface area contributed by atoms with Crippen LogP contribution in [0, 0.1) is 0 Å². The van der Waals surface area contributed by atoms with Crippen molar-refractivity contribution in [2.24, 2.45) is 0 Å². The fraction of sp³-hybridized carbons (Fsp3) is 0.213. The van der Waals surface area contributed by atoms with Crippen LogP contribution >= 0.6 is 24.8 Å². The summed E-state index contributed by atoms with van der Waals surface area (Å²) in [5, 5.41) is 5.13. The van der Waals surface area contributed by atoms with E-state index in [9.17, 15) is 0 Å². The van der Waals surface area contributed by atoms with Crippen LogP contribution in [-0.4, -0.2) is 4.26 Å². The van der Waals surface area contributed by atoms with Crippen LogP contribution in [0.4, 0.5) is 0 Å². The van der Waals surface area contributed by atoms with E-state index in [0.29, 0.717) is 0 Å². The van der Waals surface area contributed by atoms with Crippen LogP contribution in [-0.2, 0) is 35.3 Å². The Labute approximate surface area is 311 Å². The van der Waals surface area contributed by atoms with E-state index in [0.717, 1.165) is 12.8 Å². The first-order chi connectivity index (χ1) is 22.9. The zero-order chi connectivity index (χ0) is 33.5. The summed E-state index contributed by atoms with van der Waals surface area (Å²) in [4.78, 5) is 0. The molecule has 6 aromatic carbocycles. The number of rotatable bonds is 4. The van der Waals surface area contributed by atoms with Crippen LogP contribution in [0.2, 0.25) is 0 Å². The van der Waals surface area contributed by atoms with Gasteiger partial charge in [-0.1, -0.05) is 0 Å². The van der Waals surface area contributed by atoms with Gasteiger partial charge in [0.15, 0.2) is 0 Å². The Morgan fingerprint density at radius 2 is 1.10 bits per heavy atom. The average molecular weight is 862 g/mol. The van der Waals surface area contributed by atoms with E-state index < -0.39 is 18.0 Å². The summed E-state index contributed by atoms with van der Waals surface area (Å²) in [6, 6.07) is 44.7. The molecule has 2 aliphatic carbocycles. The predicted molar refractivity (Wildman–Crippen MR) is 222 cm³/mol. The molecule has 6 aromatic rings. The number of hydrogen-bond acceptors (Lipinski definition) is 0. The maximum atomic E-state index is 5.84. The molecular formula is C47H48Cl2Hf. The molecule has 0 nitrogen and oxygen atoms in total. The van der Waals surface area contributed by atoms with Crippen molar-refractivity contribution in [1.82, 2.24) is 0 Å². The van der Waals surface area contributed by atoms with Gasteiger partial charge < -0.3 is 0 Å². The summed E-state index contributed by atoms with van der Waals surface area (Å²) in [5.41, 5.74) is 8.58. The van der Waals surface area contributed by atoms with E-state index >= 15 is 0 Å². The molecule has 8 rings (SSSR count). The Balaban J connectivity index is 0.00000216. The van der Waals surface area contributed by atoms with Gasteiger partial charge in [0.25, 0.3) is 0 Å². The van der Waals surface area contributed by atoms with E-state index in [1.54, 1.807) is 0 Å². The summed E-state index contributed by atoms with van der Waals surface area (Å²) in [6.07, 6.45) is 8.98. The van der Waals surface area contributed by atoms with Crippen molar-refractivity contribution in [2.45, 2.75) is 65.2 Å². The first kappa shape index (κ1) is 36.4. The molecule has 3 heteroatoms. The third kappa shape index (κ3) is 5.47. The van der Waals surface area contributed by atoms with Gasteiger partial charge in [0.1, 0.15) is 0 Å². The molecule has 50 heavy (non-hydrogen) atoms. The maximum absolute atomic E-state index is 5.84. The topological polar surface area (TPSA) is 0 Å². The molecule has 0 amide bonds. The minimum atomic E-state index is -5.15. The molecule has 0 saturated heterocycles. The van der Waals surface area contributed by atoms with Crippen molar-refractivity contribution >= 4 is 60.6 Å². The van der Waals surface area contributed by atoms with Gasteiger partial charge in [-0.05, 0) is 0 Å². The Bertz CT molecular complexity index is 2340. The number of fused-ring (bicyclic) bond motifs is 5. The Morgan fingerprint density at radius 1 is 0.560 bits per heavy atom. The van der Waals surface area contributed by atoms with Crippen LogP contribution in [0.25, 0.3) is 32.7 Å². The molecule has 0 saturated carbocycles. The molecule has 0 fully saturated rings. The molecule has 0 spiro atoms. The van der Waals surface area contributed by atoms with Crippen molar-refractivity contribution in [1.29, 1.82) is 0 Å². The summed E-state index contributed by atoms with van der Waals surface area (Å²) < 4.78 is 11.7. The van der Waals surface area contributed by atoms with Crippen LogP contribution in [0.1, 0.15) is 70.2 Å². The Hall–Kier alpha value is -3.36. The molecule has 0 aliphatic heterocycles. The van der Waals surface area contributed by atoms with Gasteiger partial charge in [0, 0.05) is 0 Å². The fourth-order valence-electron chi connectivity index (χ4n) is 8.61. The van der Waals surface area contributed by atoms with Gasteiger partial charge in [-0.3, -0.25) is 0 Å². The SMILES string of the molecule is Cl.Cl.[CH2]=[Hf]([C]1=CC=CC1)([c]1ccc2ccccc2c1)([c]1ccc2ccccc2c1)[c]1cc(C(C)(C)C)cc2c1Cc1ccc(C(C)(C)C)cc1-2. The summed E-state index contributed by atoms with van der Waals surface area (Å²) in [7, 11) is 0. The van der Waals surface area contributed by atoms with E-state index in [1.165, 1.54) is 68.2 Å². The number of halogens is 2. The second-order valence-corrected chi connectivity index (χ2v) is 35.4. The molecule has 0 N–H and O–H groups in total. The summed E-state index contributed by atoms with van der Waals surface area (Å²) >= 11 is -5.15. The molecule has 254 valence electrons. The summed E-state index contributed by atoms with van der Waals surface area (Å²) in [6.45, 7) is 14.1. The second-order valence-electron chi connectivity index (χ2n) is 16.5. The quantitative estimate of drug-likeness (QED) is 0.155. The molecule has 0 atom stereocenters. The summed E-state index contributed by atoms with van der Waals surface area (Å²) in [5.74, 6) is 0. The minimum absolute atomic E-state index is 0. The third-order valence-electron chi connectivity index (χ3n) is 11.6. The normalized spacial score (nSPS) is 14.2. The first-order valence-electron chi connectivity index (χ1n) is 17.6. The number of hydrogen-bond donors (Lipinski definition) is 0. The van der Waals surface area contributed by atoms with Gasteiger partial charge in [-0.25, -0.2) is 0 Å². The molecule has 0 aromatic heterocycles. The molecule has 0 bridgehead atoms. The van der Waals surface area contributed by atoms with Crippen LogP contribution in [0.5, 0.6) is 0 Å².